The first-order valence-corrected chi connectivity index (χ1v) is 8.28. The second-order valence-corrected chi connectivity index (χ2v) is 5.83. The topological polar surface area (TPSA) is 29.1 Å². The lowest BCUT2D eigenvalue weighted by atomic mass is 9.98. The minimum absolute atomic E-state index is 0.000822. The van der Waals surface area contributed by atoms with Crippen molar-refractivity contribution in [2.75, 3.05) is 0 Å². The van der Waals surface area contributed by atoms with Crippen LogP contribution in [0.1, 0.15) is 33.9 Å². The van der Waals surface area contributed by atoms with Crippen molar-refractivity contribution in [3.8, 4) is 0 Å². The third-order valence-corrected chi connectivity index (χ3v) is 4.11. The predicted molar refractivity (Wildman–Crippen MR) is 97.9 cm³/mol. The van der Waals surface area contributed by atoms with Gasteiger partial charge in [-0.15, -0.1) is 0 Å². The van der Waals surface area contributed by atoms with Gasteiger partial charge < -0.3 is 5.32 Å². The Kier molecular flexibility index (Phi) is 5.41. The summed E-state index contributed by atoms with van der Waals surface area (Å²) in [6.07, 6.45) is 1.79. The Labute approximate surface area is 143 Å². The summed E-state index contributed by atoms with van der Waals surface area (Å²) in [7, 11) is 0. The van der Waals surface area contributed by atoms with E-state index in [1.54, 1.807) is 0 Å². The van der Waals surface area contributed by atoms with Crippen molar-refractivity contribution in [2.45, 2.75) is 18.9 Å². The normalized spacial score (nSPS) is 11.7. The quantitative estimate of drug-likeness (QED) is 0.696. The molecule has 2 nitrogen and oxygen atoms in total. The van der Waals surface area contributed by atoms with Crippen molar-refractivity contribution < 1.29 is 4.79 Å². The first-order valence-electron chi connectivity index (χ1n) is 8.28. The molecule has 0 fully saturated rings. The van der Waals surface area contributed by atoms with Gasteiger partial charge in [0.1, 0.15) is 0 Å². The third-order valence-electron chi connectivity index (χ3n) is 4.11. The number of nitrogens with one attached hydrogen (secondary N) is 1. The molecule has 0 aliphatic carbocycles. The zero-order valence-corrected chi connectivity index (χ0v) is 13.6. The average molecular weight is 315 g/mol. The first-order chi connectivity index (χ1) is 11.8. The lowest BCUT2D eigenvalue weighted by Gasteiger charge is -2.19. The molecule has 0 aromatic heterocycles. The average Bonchev–Trinajstić information content (AvgIpc) is 2.67. The summed E-state index contributed by atoms with van der Waals surface area (Å²) in [6, 6.07) is 29.9. The summed E-state index contributed by atoms with van der Waals surface area (Å²) in [5, 5.41) is 3.18. The molecule has 0 heterocycles. The van der Waals surface area contributed by atoms with Crippen LogP contribution in [0.4, 0.5) is 0 Å². The molecule has 0 aliphatic heterocycles. The Balaban J connectivity index is 1.74. The smallest absolute Gasteiger partial charge is 0.251 e. The van der Waals surface area contributed by atoms with Crippen LogP contribution in [0, 0.1) is 0 Å². The van der Waals surface area contributed by atoms with E-state index in [0.29, 0.717) is 5.56 Å². The molecule has 0 saturated heterocycles. The van der Waals surface area contributed by atoms with Crippen LogP contribution < -0.4 is 5.32 Å². The Morgan fingerprint density at radius 3 is 1.92 bits per heavy atom. The van der Waals surface area contributed by atoms with Gasteiger partial charge in [-0.05, 0) is 36.1 Å². The predicted octanol–water partition coefficient (Wildman–Crippen LogP) is 4.79. The molecule has 0 bridgehead atoms. The Hall–Kier alpha value is -2.87. The molecule has 24 heavy (non-hydrogen) atoms. The van der Waals surface area contributed by atoms with E-state index in [1.165, 1.54) is 5.56 Å². The SMILES string of the molecule is O=C(N[C@@H](CCc1ccccc1)c1ccccc1)c1ccccc1. The van der Waals surface area contributed by atoms with Gasteiger partial charge in [0.25, 0.3) is 5.91 Å². The molecule has 1 atom stereocenters. The molecule has 0 saturated carbocycles. The zero-order chi connectivity index (χ0) is 16.6. The van der Waals surface area contributed by atoms with E-state index in [2.05, 4.69) is 41.7 Å². The Bertz CT molecular complexity index is 754. The molecule has 120 valence electrons. The Morgan fingerprint density at radius 2 is 1.29 bits per heavy atom. The molecule has 0 aliphatic rings. The van der Waals surface area contributed by atoms with Crippen molar-refractivity contribution in [1.82, 2.24) is 5.32 Å². The second kappa shape index (κ2) is 8.11. The molecule has 3 aromatic rings. The number of hydrogen-bond acceptors (Lipinski definition) is 1. The number of rotatable bonds is 6. The molecule has 0 unspecified atom stereocenters. The van der Waals surface area contributed by atoms with Gasteiger partial charge in [-0.3, -0.25) is 4.79 Å². The van der Waals surface area contributed by atoms with Crippen LogP contribution in [0.25, 0.3) is 0 Å². The molecule has 0 spiro atoms. The highest BCUT2D eigenvalue weighted by atomic mass is 16.1. The fourth-order valence-corrected chi connectivity index (χ4v) is 2.79. The van der Waals surface area contributed by atoms with Crippen molar-refractivity contribution in [2.24, 2.45) is 0 Å². The van der Waals surface area contributed by atoms with Crippen LogP contribution in [-0.4, -0.2) is 5.91 Å². The van der Waals surface area contributed by atoms with Gasteiger partial charge in [0.05, 0.1) is 6.04 Å². The maximum absolute atomic E-state index is 12.5. The van der Waals surface area contributed by atoms with Gasteiger partial charge >= 0.3 is 0 Å². The maximum atomic E-state index is 12.5. The van der Waals surface area contributed by atoms with Gasteiger partial charge in [0.15, 0.2) is 0 Å². The standard InChI is InChI=1S/C22H21NO/c24-22(20-14-8-3-9-15-20)23-21(19-12-6-2-7-13-19)17-16-18-10-4-1-5-11-18/h1-15,21H,16-17H2,(H,23,24)/t21-/m0/s1. The van der Waals surface area contributed by atoms with Crippen LogP contribution in [0.3, 0.4) is 0 Å². The van der Waals surface area contributed by atoms with Crippen LogP contribution in [0.2, 0.25) is 0 Å². The zero-order valence-electron chi connectivity index (χ0n) is 13.6. The molecule has 3 aromatic carbocycles. The monoisotopic (exact) mass is 315 g/mol. The van der Waals surface area contributed by atoms with Crippen molar-refractivity contribution >= 4 is 5.91 Å². The number of carbonyl (C=O) groups is 1. The molecule has 3 rings (SSSR count). The molecule has 1 N–H and O–H groups in total. The van der Waals surface area contributed by atoms with Crippen molar-refractivity contribution in [1.29, 1.82) is 0 Å². The summed E-state index contributed by atoms with van der Waals surface area (Å²) in [6.45, 7) is 0. The highest BCUT2D eigenvalue weighted by Crippen LogP contribution is 2.20. The third kappa shape index (κ3) is 4.32. The lowest BCUT2D eigenvalue weighted by Crippen LogP contribution is -2.28. The molecule has 2 heteroatoms. The van der Waals surface area contributed by atoms with E-state index in [-0.39, 0.29) is 11.9 Å². The number of hydrogen-bond donors (Lipinski definition) is 1. The fraction of sp³-hybridized carbons (Fsp3) is 0.136. The summed E-state index contributed by atoms with van der Waals surface area (Å²) in [5.74, 6) is -0.0301. The van der Waals surface area contributed by atoms with E-state index >= 15 is 0 Å². The summed E-state index contributed by atoms with van der Waals surface area (Å²) in [4.78, 5) is 12.5. The van der Waals surface area contributed by atoms with Crippen LogP contribution in [0.15, 0.2) is 91.0 Å². The van der Waals surface area contributed by atoms with Crippen molar-refractivity contribution in [3.05, 3.63) is 108 Å². The van der Waals surface area contributed by atoms with E-state index in [4.69, 9.17) is 0 Å². The highest BCUT2D eigenvalue weighted by Gasteiger charge is 2.15. The molecule has 1 amide bonds. The number of carbonyl (C=O) groups excluding carboxylic acids is 1. The first kappa shape index (κ1) is 16.0. The Morgan fingerprint density at radius 1 is 0.750 bits per heavy atom. The van der Waals surface area contributed by atoms with Crippen LogP contribution in [-0.2, 0) is 6.42 Å². The van der Waals surface area contributed by atoms with Gasteiger partial charge in [0, 0.05) is 5.56 Å². The largest absolute Gasteiger partial charge is 0.345 e. The number of amides is 1. The van der Waals surface area contributed by atoms with Gasteiger partial charge in [-0.2, -0.15) is 0 Å². The molecule has 0 radical (unpaired) electrons. The maximum Gasteiger partial charge on any atom is 0.251 e. The number of aryl methyl sites for hydroxylation is 1. The van der Waals surface area contributed by atoms with Crippen LogP contribution >= 0.6 is 0 Å². The van der Waals surface area contributed by atoms with E-state index < -0.39 is 0 Å². The minimum Gasteiger partial charge on any atom is -0.345 e. The van der Waals surface area contributed by atoms with Gasteiger partial charge in [0.2, 0.25) is 0 Å². The summed E-state index contributed by atoms with van der Waals surface area (Å²) < 4.78 is 0. The fourth-order valence-electron chi connectivity index (χ4n) is 2.79. The van der Waals surface area contributed by atoms with E-state index in [9.17, 15) is 4.79 Å². The second-order valence-electron chi connectivity index (χ2n) is 5.83. The number of benzene rings is 3. The molecular formula is C22H21NO. The van der Waals surface area contributed by atoms with Crippen LogP contribution in [0.5, 0.6) is 0 Å². The van der Waals surface area contributed by atoms with Crippen molar-refractivity contribution in [3.63, 3.8) is 0 Å². The summed E-state index contributed by atoms with van der Waals surface area (Å²) in [5.41, 5.74) is 3.11. The molecular weight excluding hydrogens is 294 g/mol. The van der Waals surface area contributed by atoms with E-state index in [1.807, 2.05) is 54.6 Å². The van der Waals surface area contributed by atoms with E-state index in [0.717, 1.165) is 18.4 Å². The highest BCUT2D eigenvalue weighted by molar-refractivity contribution is 5.94. The summed E-state index contributed by atoms with van der Waals surface area (Å²) >= 11 is 0. The van der Waals surface area contributed by atoms with Gasteiger partial charge in [-0.1, -0.05) is 78.9 Å². The lowest BCUT2D eigenvalue weighted by molar-refractivity contribution is 0.0934. The van der Waals surface area contributed by atoms with Gasteiger partial charge in [-0.25, -0.2) is 0 Å². The minimum atomic E-state index is -0.0301.